The number of nitro groups is 1. The molecule has 0 bridgehead atoms. The first kappa shape index (κ1) is 20.5. The lowest BCUT2D eigenvalue weighted by Crippen LogP contribution is -2.10. The van der Waals surface area contributed by atoms with Gasteiger partial charge in [-0.05, 0) is 55.0 Å². The zero-order valence-corrected chi connectivity index (χ0v) is 16.8. The van der Waals surface area contributed by atoms with Crippen LogP contribution in [0.15, 0.2) is 71.5 Å². The Morgan fingerprint density at radius 3 is 2.28 bits per heavy atom. The van der Waals surface area contributed by atoms with E-state index in [2.05, 4.69) is 30.9 Å². The summed E-state index contributed by atoms with van der Waals surface area (Å²) in [6.07, 6.45) is 3.14. The number of carbonyl (C=O) groups is 1. The number of benzene rings is 1. The summed E-state index contributed by atoms with van der Waals surface area (Å²) in [4.78, 5) is 34.8. The highest BCUT2D eigenvalue weighted by Gasteiger charge is 2.17. The van der Waals surface area contributed by atoms with Crippen LogP contribution in [0.25, 0.3) is 0 Å². The Hall–Kier alpha value is -4.80. The van der Waals surface area contributed by atoms with E-state index in [0.717, 1.165) is 17.3 Å². The molecule has 0 aliphatic heterocycles. The van der Waals surface area contributed by atoms with Crippen molar-refractivity contribution in [1.82, 2.24) is 15.0 Å². The van der Waals surface area contributed by atoms with Crippen LogP contribution in [0.2, 0.25) is 0 Å². The Morgan fingerprint density at radius 2 is 1.59 bits per heavy atom. The van der Waals surface area contributed by atoms with Crippen molar-refractivity contribution < 1.29 is 14.1 Å². The number of carbonyl (C=O) groups excluding carboxylic acids is 1. The summed E-state index contributed by atoms with van der Waals surface area (Å²) >= 11 is 0. The molecule has 0 aliphatic rings. The third-order valence-corrected chi connectivity index (χ3v) is 4.25. The van der Waals surface area contributed by atoms with Gasteiger partial charge >= 0.3 is 5.88 Å². The minimum absolute atomic E-state index is 0.150. The molecular weight excluding hydrogens is 414 g/mol. The smallest absolute Gasteiger partial charge is 0.395 e. The number of pyridine rings is 1. The number of rotatable bonds is 7. The van der Waals surface area contributed by atoms with E-state index in [-0.39, 0.29) is 5.76 Å². The van der Waals surface area contributed by atoms with E-state index >= 15 is 0 Å². The molecule has 0 aliphatic carbocycles. The van der Waals surface area contributed by atoms with Gasteiger partial charge in [-0.2, -0.15) is 0 Å². The Morgan fingerprint density at radius 1 is 0.906 bits per heavy atom. The summed E-state index contributed by atoms with van der Waals surface area (Å²) in [5.41, 5.74) is 2.30. The Bertz CT molecular complexity index is 1270. The average Bonchev–Trinajstić information content (AvgIpc) is 3.26. The third-order valence-electron chi connectivity index (χ3n) is 4.25. The first-order valence-corrected chi connectivity index (χ1v) is 9.41. The molecule has 11 nitrogen and oxygen atoms in total. The monoisotopic (exact) mass is 431 g/mol. The van der Waals surface area contributed by atoms with E-state index in [4.69, 9.17) is 4.42 Å². The first-order valence-electron chi connectivity index (χ1n) is 9.41. The van der Waals surface area contributed by atoms with Crippen molar-refractivity contribution in [3.05, 3.63) is 88.6 Å². The molecule has 0 radical (unpaired) electrons. The van der Waals surface area contributed by atoms with E-state index < -0.39 is 16.7 Å². The minimum Gasteiger partial charge on any atom is -0.395 e. The fourth-order valence-electron chi connectivity index (χ4n) is 2.76. The van der Waals surface area contributed by atoms with Crippen LogP contribution in [0.1, 0.15) is 16.1 Å². The van der Waals surface area contributed by atoms with Crippen molar-refractivity contribution in [2.75, 3.05) is 16.0 Å². The number of aryl methyl sites for hydroxylation is 1. The number of aromatic nitrogens is 3. The first-order chi connectivity index (χ1) is 15.5. The van der Waals surface area contributed by atoms with E-state index in [9.17, 15) is 14.9 Å². The van der Waals surface area contributed by atoms with Crippen molar-refractivity contribution in [2.24, 2.45) is 0 Å². The summed E-state index contributed by atoms with van der Waals surface area (Å²) in [6.45, 7) is 1.98. The minimum atomic E-state index is -0.706. The largest absolute Gasteiger partial charge is 0.433 e. The molecule has 0 saturated heterocycles. The zero-order valence-electron chi connectivity index (χ0n) is 16.8. The summed E-state index contributed by atoms with van der Waals surface area (Å²) in [5, 5.41) is 19.6. The van der Waals surface area contributed by atoms with Crippen LogP contribution < -0.4 is 16.0 Å². The second kappa shape index (κ2) is 8.92. The molecule has 3 aromatic heterocycles. The molecule has 0 atom stereocenters. The molecule has 4 rings (SSSR count). The molecule has 0 fully saturated rings. The van der Waals surface area contributed by atoms with Crippen molar-refractivity contribution in [2.45, 2.75) is 6.92 Å². The number of anilines is 5. The maximum Gasteiger partial charge on any atom is 0.433 e. The second-order valence-electron chi connectivity index (χ2n) is 6.68. The summed E-state index contributed by atoms with van der Waals surface area (Å²) in [6, 6.07) is 14.8. The molecule has 11 heteroatoms. The topological polar surface area (TPSA) is 148 Å². The quantitative estimate of drug-likeness (QED) is 0.285. The molecule has 32 heavy (non-hydrogen) atoms. The van der Waals surface area contributed by atoms with Crippen LogP contribution in [0.3, 0.4) is 0 Å². The Labute approximate surface area is 181 Å². The van der Waals surface area contributed by atoms with Crippen LogP contribution >= 0.6 is 0 Å². The highest BCUT2D eigenvalue weighted by atomic mass is 16.6. The summed E-state index contributed by atoms with van der Waals surface area (Å²) in [5.74, 6) is 0.591. The lowest BCUT2D eigenvalue weighted by molar-refractivity contribution is -0.402. The Balaban J connectivity index is 1.39. The van der Waals surface area contributed by atoms with Crippen LogP contribution in [-0.4, -0.2) is 25.8 Å². The predicted molar refractivity (Wildman–Crippen MR) is 117 cm³/mol. The van der Waals surface area contributed by atoms with Gasteiger partial charge in [-0.3, -0.25) is 14.9 Å². The van der Waals surface area contributed by atoms with Gasteiger partial charge in [0, 0.05) is 23.6 Å². The summed E-state index contributed by atoms with van der Waals surface area (Å²) in [7, 11) is 0. The van der Waals surface area contributed by atoms with E-state index in [1.165, 1.54) is 12.4 Å². The van der Waals surface area contributed by atoms with Crippen LogP contribution in [0.4, 0.5) is 34.7 Å². The van der Waals surface area contributed by atoms with Gasteiger partial charge in [-0.15, -0.1) is 0 Å². The third kappa shape index (κ3) is 5.02. The number of nitrogens with zero attached hydrogens (tertiary/aromatic N) is 4. The molecule has 3 N–H and O–H groups in total. The van der Waals surface area contributed by atoms with Gasteiger partial charge in [0.25, 0.3) is 5.91 Å². The molecule has 0 saturated carbocycles. The lowest BCUT2D eigenvalue weighted by Gasteiger charge is -2.09. The highest BCUT2D eigenvalue weighted by molar-refractivity contribution is 6.02. The van der Waals surface area contributed by atoms with E-state index in [1.807, 2.05) is 19.1 Å². The van der Waals surface area contributed by atoms with Gasteiger partial charge in [0.15, 0.2) is 5.76 Å². The molecule has 1 aromatic carbocycles. The molecule has 0 unspecified atom stereocenters. The number of furan rings is 1. The molecule has 160 valence electrons. The fourth-order valence-corrected chi connectivity index (χ4v) is 2.76. The Kier molecular flexibility index (Phi) is 5.70. The number of nitrogens with one attached hydrogen (secondary N) is 3. The van der Waals surface area contributed by atoms with Crippen LogP contribution in [0.5, 0.6) is 0 Å². The fraction of sp³-hybridized carbons (Fsp3) is 0.0476. The standard InChI is InChI=1S/C21H17N7O4/c1-13-8-9-22-17(10-13)27-19-11-18(23-12-24-19)25-14-2-4-15(5-3-14)26-21(29)16-6-7-20(32-16)28(30)31/h2-12H,1H3,(H,26,29)(H2,22,23,24,25,27). The van der Waals surface area contributed by atoms with Gasteiger partial charge in [0.2, 0.25) is 0 Å². The summed E-state index contributed by atoms with van der Waals surface area (Å²) < 4.78 is 4.89. The van der Waals surface area contributed by atoms with Gasteiger partial charge in [-0.1, -0.05) is 0 Å². The molecule has 1 amide bonds. The number of hydrogen-bond acceptors (Lipinski definition) is 9. The average molecular weight is 431 g/mol. The molecule has 4 aromatic rings. The van der Waals surface area contributed by atoms with Gasteiger partial charge in [0.05, 0.1) is 6.07 Å². The predicted octanol–water partition coefficient (Wildman–Crippen LogP) is 4.42. The van der Waals surface area contributed by atoms with Crippen molar-refractivity contribution in [3.63, 3.8) is 0 Å². The number of amides is 1. The normalized spacial score (nSPS) is 10.4. The van der Waals surface area contributed by atoms with Crippen LogP contribution in [-0.2, 0) is 0 Å². The van der Waals surface area contributed by atoms with E-state index in [0.29, 0.717) is 23.1 Å². The van der Waals surface area contributed by atoms with E-state index in [1.54, 1.807) is 36.5 Å². The number of hydrogen-bond donors (Lipinski definition) is 3. The molecule has 0 spiro atoms. The second-order valence-corrected chi connectivity index (χ2v) is 6.68. The SMILES string of the molecule is Cc1ccnc(Nc2cc(Nc3ccc(NC(=O)c4ccc([N+](=O)[O-])o4)cc3)ncn2)c1. The van der Waals surface area contributed by atoms with Gasteiger partial charge in [-0.25, -0.2) is 15.0 Å². The maximum absolute atomic E-state index is 12.2. The van der Waals surface area contributed by atoms with Crippen LogP contribution in [0, 0.1) is 17.0 Å². The lowest BCUT2D eigenvalue weighted by atomic mass is 10.2. The highest BCUT2D eigenvalue weighted by Crippen LogP contribution is 2.21. The molecule has 3 heterocycles. The van der Waals surface area contributed by atoms with Crippen molar-refractivity contribution >= 4 is 40.6 Å². The van der Waals surface area contributed by atoms with Gasteiger partial charge < -0.3 is 20.4 Å². The van der Waals surface area contributed by atoms with Gasteiger partial charge in [0.1, 0.15) is 28.7 Å². The molecular formula is C21H17N7O4. The zero-order chi connectivity index (χ0) is 22.5. The van der Waals surface area contributed by atoms with Crippen molar-refractivity contribution in [3.8, 4) is 0 Å². The maximum atomic E-state index is 12.2. The van der Waals surface area contributed by atoms with Crippen molar-refractivity contribution in [1.29, 1.82) is 0 Å².